The lowest BCUT2D eigenvalue weighted by molar-refractivity contribution is 0.327. The predicted octanol–water partition coefficient (Wildman–Crippen LogP) is 3.36. The third-order valence-electron chi connectivity index (χ3n) is 2.62. The number of halogens is 1. The van der Waals surface area contributed by atoms with Gasteiger partial charge >= 0.3 is 0 Å². The van der Waals surface area contributed by atoms with Crippen molar-refractivity contribution in [2.24, 2.45) is 0 Å². The van der Waals surface area contributed by atoms with Gasteiger partial charge < -0.3 is 4.90 Å². The molecule has 0 bridgehead atoms. The third kappa shape index (κ3) is 4.23. The Bertz CT molecular complexity index is 309. The average Bonchev–Trinajstić information content (AvgIpc) is 2.20. The second-order valence-corrected chi connectivity index (χ2v) is 4.59. The van der Waals surface area contributed by atoms with E-state index in [1.165, 1.54) is 16.7 Å². The highest BCUT2D eigenvalue weighted by molar-refractivity contribution is 6.17. The molecule has 0 radical (unpaired) electrons. The van der Waals surface area contributed by atoms with Crippen LogP contribution in [0.1, 0.15) is 23.1 Å². The minimum atomic E-state index is 0.747. The molecule has 0 aliphatic heterocycles. The Kier molecular flexibility index (Phi) is 5.13. The molecule has 0 aliphatic rings. The normalized spacial score (nSPS) is 11.0. The molecule has 84 valence electrons. The van der Waals surface area contributed by atoms with Gasteiger partial charge in [0.25, 0.3) is 0 Å². The van der Waals surface area contributed by atoms with E-state index in [4.69, 9.17) is 11.6 Å². The van der Waals surface area contributed by atoms with E-state index in [2.05, 4.69) is 44.0 Å². The molecule has 0 amide bonds. The van der Waals surface area contributed by atoms with Gasteiger partial charge in [-0.3, -0.25) is 0 Å². The van der Waals surface area contributed by atoms with Crippen molar-refractivity contribution in [1.82, 2.24) is 4.90 Å². The molecule has 0 unspecified atom stereocenters. The van der Waals surface area contributed by atoms with Gasteiger partial charge in [-0.1, -0.05) is 23.8 Å². The standard InChI is InChI=1S/C13H20ClN/c1-11-5-6-12(2)13(9-11)10-15(3)8-4-7-14/h5-6,9H,4,7-8,10H2,1-3H3. The quantitative estimate of drug-likeness (QED) is 0.695. The van der Waals surface area contributed by atoms with Crippen molar-refractivity contribution < 1.29 is 0 Å². The number of alkyl halides is 1. The highest BCUT2D eigenvalue weighted by Gasteiger charge is 2.03. The van der Waals surface area contributed by atoms with Crippen LogP contribution >= 0.6 is 11.6 Å². The summed E-state index contributed by atoms with van der Waals surface area (Å²) in [6.45, 7) is 6.40. The topological polar surface area (TPSA) is 3.24 Å². The molecule has 1 rings (SSSR count). The van der Waals surface area contributed by atoms with Gasteiger partial charge in [0.05, 0.1) is 0 Å². The van der Waals surface area contributed by atoms with Crippen molar-refractivity contribution in [2.45, 2.75) is 26.8 Å². The molecule has 1 aromatic carbocycles. The molecule has 0 aromatic heterocycles. The molecule has 0 spiro atoms. The van der Waals surface area contributed by atoms with Gasteiger partial charge in [0.15, 0.2) is 0 Å². The Morgan fingerprint density at radius 1 is 1.27 bits per heavy atom. The molecule has 2 heteroatoms. The van der Waals surface area contributed by atoms with Crippen molar-refractivity contribution in [3.8, 4) is 0 Å². The first-order valence-electron chi connectivity index (χ1n) is 5.44. The molecule has 0 aliphatic carbocycles. The predicted molar refractivity (Wildman–Crippen MR) is 67.6 cm³/mol. The van der Waals surface area contributed by atoms with Crippen LogP contribution in [0.2, 0.25) is 0 Å². The maximum Gasteiger partial charge on any atom is 0.0235 e. The Morgan fingerprint density at radius 2 is 2.00 bits per heavy atom. The van der Waals surface area contributed by atoms with Gasteiger partial charge in [-0.25, -0.2) is 0 Å². The highest BCUT2D eigenvalue weighted by Crippen LogP contribution is 2.12. The largest absolute Gasteiger partial charge is 0.302 e. The fourth-order valence-electron chi connectivity index (χ4n) is 1.67. The molecule has 0 N–H and O–H groups in total. The van der Waals surface area contributed by atoms with Crippen LogP contribution in [0.3, 0.4) is 0 Å². The summed E-state index contributed by atoms with van der Waals surface area (Å²) in [6.07, 6.45) is 1.06. The van der Waals surface area contributed by atoms with Gasteiger partial charge in [0, 0.05) is 12.4 Å². The summed E-state index contributed by atoms with van der Waals surface area (Å²) in [4.78, 5) is 2.32. The first-order chi connectivity index (χ1) is 7.13. The van der Waals surface area contributed by atoms with Crippen molar-refractivity contribution in [3.05, 3.63) is 34.9 Å². The molecule has 0 saturated carbocycles. The average molecular weight is 226 g/mol. The minimum absolute atomic E-state index is 0.747. The summed E-state index contributed by atoms with van der Waals surface area (Å²) in [7, 11) is 2.15. The van der Waals surface area contributed by atoms with E-state index in [0.29, 0.717) is 0 Å². The zero-order valence-corrected chi connectivity index (χ0v) is 10.6. The summed E-state index contributed by atoms with van der Waals surface area (Å²) in [5, 5.41) is 0. The Labute approximate surface area is 98.0 Å². The molecular weight excluding hydrogens is 206 g/mol. The molecule has 0 fully saturated rings. The summed E-state index contributed by atoms with van der Waals surface area (Å²) >= 11 is 5.68. The zero-order valence-electron chi connectivity index (χ0n) is 9.89. The lowest BCUT2D eigenvalue weighted by atomic mass is 10.1. The van der Waals surface area contributed by atoms with Gasteiger partial charge in [-0.15, -0.1) is 11.6 Å². The van der Waals surface area contributed by atoms with E-state index in [0.717, 1.165) is 25.4 Å². The third-order valence-corrected chi connectivity index (χ3v) is 2.89. The maximum atomic E-state index is 5.68. The number of hydrogen-bond donors (Lipinski definition) is 0. The van der Waals surface area contributed by atoms with Crippen molar-refractivity contribution in [2.75, 3.05) is 19.5 Å². The van der Waals surface area contributed by atoms with E-state index in [1.54, 1.807) is 0 Å². The van der Waals surface area contributed by atoms with Crippen LogP contribution in [-0.4, -0.2) is 24.4 Å². The fraction of sp³-hybridized carbons (Fsp3) is 0.538. The van der Waals surface area contributed by atoms with Gasteiger partial charge in [-0.2, -0.15) is 0 Å². The van der Waals surface area contributed by atoms with Crippen LogP contribution in [0.25, 0.3) is 0 Å². The van der Waals surface area contributed by atoms with E-state index in [-0.39, 0.29) is 0 Å². The Morgan fingerprint density at radius 3 is 2.67 bits per heavy atom. The van der Waals surface area contributed by atoms with Gasteiger partial charge in [0.1, 0.15) is 0 Å². The van der Waals surface area contributed by atoms with Crippen molar-refractivity contribution in [3.63, 3.8) is 0 Å². The first-order valence-corrected chi connectivity index (χ1v) is 5.97. The van der Waals surface area contributed by atoms with Gasteiger partial charge in [0.2, 0.25) is 0 Å². The maximum absolute atomic E-state index is 5.68. The lowest BCUT2D eigenvalue weighted by Crippen LogP contribution is -2.20. The summed E-state index contributed by atoms with van der Waals surface area (Å²) in [5.74, 6) is 0.747. The number of rotatable bonds is 5. The van der Waals surface area contributed by atoms with Crippen LogP contribution in [0.4, 0.5) is 0 Å². The van der Waals surface area contributed by atoms with E-state index >= 15 is 0 Å². The highest BCUT2D eigenvalue weighted by atomic mass is 35.5. The van der Waals surface area contributed by atoms with E-state index < -0.39 is 0 Å². The van der Waals surface area contributed by atoms with Crippen LogP contribution in [0, 0.1) is 13.8 Å². The molecule has 0 saturated heterocycles. The summed E-state index contributed by atoms with van der Waals surface area (Å²) in [6, 6.07) is 6.63. The second kappa shape index (κ2) is 6.14. The molecule has 1 nitrogen and oxygen atoms in total. The molecule has 1 aromatic rings. The minimum Gasteiger partial charge on any atom is -0.302 e. The Balaban J connectivity index is 2.59. The van der Waals surface area contributed by atoms with Crippen LogP contribution in [0.15, 0.2) is 18.2 Å². The number of hydrogen-bond acceptors (Lipinski definition) is 1. The zero-order chi connectivity index (χ0) is 11.3. The monoisotopic (exact) mass is 225 g/mol. The number of nitrogens with zero attached hydrogens (tertiary/aromatic N) is 1. The van der Waals surface area contributed by atoms with Crippen LogP contribution < -0.4 is 0 Å². The molecular formula is C13H20ClN. The van der Waals surface area contributed by atoms with Crippen molar-refractivity contribution >= 4 is 11.6 Å². The molecule has 15 heavy (non-hydrogen) atoms. The van der Waals surface area contributed by atoms with Crippen LogP contribution in [-0.2, 0) is 6.54 Å². The number of benzene rings is 1. The SMILES string of the molecule is Cc1ccc(C)c(CN(C)CCCCl)c1. The van der Waals surface area contributed by atoms with E-state index in [9.17, 15) is 0 Å². The summed E-state index contributed by atoms with van der Waals surface area (Å²) < 4.78 is 0. The molecule has 0 heterocycles. The summed E-state index contributed by atoms with van der Waals surface area (Å²) in [5.41, 5.74) is 4.13. The smallest absolute Gasteiger partial charge is 0.0235 e. The fourth-order valence-corrected chi connectivity index (χ4v) is 1.79. The lowest BCUT2D eigenvalue weighted by Gasteiger charge is -2.17. The van der Waals surface area contributed by atoms with Crippen LogP contribution in [0.5, 0.6) is 0 Å². The number of aryl methyl sites for hydroxylation is 2. The van der Waals surface area contributed by atoms with Crippen molar-refractivity contribution in [1.29, 1.82) is 0 Å². The molecule has 0 atom stereocenters. The second-order valence-electron chi connectivity index (χ2n) is 4.21. The van der Waals surface area contributed by atoms with E-state index in [1.807, 2.05) is 0 Å². The first kappa shape index (κ1) is 12.5. The Hall–Kier alpha value is -0.530. The van der Waals surface area contributed by atoms with Gasteiger partial charge in [-0.05, 0) is 45.0 Å².